The second-order valence-corrected chi connectivity index (χ2v) is 6.62. The molecule has 0 radical (unpaired) electrons. The van der Waals surface area contributed by atoms with Crippen molar-refractivity contribution in [2.75, 3.05) is 27.2 Å². The molecule has 0 aromatic carbocycles. The van der Waals surface area contributed by atoms with Crippen molar-refractivity contribution in [3.8, 4) is 0 Å². The number of carbonyl (C=O) groups is 2. The SMILES string of the molecule is CN(C)C(=O)N1CCC[C@H](C(=O)N(Cc2cocn2)Cc2cocn2)C1. The van der Waals surface area contributed by atoms with Gasteiger partial charge in [0.05, 0.1) is 30.4 Å². The molecule has 3 heterocycles. The predicted molar refractivity (Wildman–Crippen MR) is 90.6 cm³/mol. The molecule has 3 amide bonds. The van der Waals surface area contributed by atoms with Crippen LogP contribution in [0.3, 0.4) is 0 Å². The summed E-state index contributed by atoms with van der Waals surface area (Å²) in [4.78, 5) is 38.5. The first-order valence-electron chi connectivity index (χ1n) is 8.53. The van der Waals surface area contributed by atoms with Gasteiger partial charge in [0.25, 0.3) is 0 Å². The number of rotatable bonds is 5. The highest BCUT2D eigenvalue weighted by Gasteiger charge is 2.32. The summed E-state index contributed by atoms with van der Waals surface area (Å²) in [5, 5.41) is 0. The van der Waals surface area contributed by atoms with Crippen molar-refractivity contribution in [1.82, 2.24) is 24.7 Å². The van der Waals surface area contributed by atoms with E-state index in [1.807, 2.05) is 0 Å². The van der Waals surface area contributed by atoms with Crippen LogP contribution >= 0.6 is 0 Å². The molecule has 1 atom stereocenters. The lowest BCUT2D eigenvalue weighted by Crippen LogP contribution is -2.49. The normalized spacial score (nSPS) is 17.2. The minimum atomic E-state index is -0.244. The summed E-state index contributed by atoms with van der Waals surface area (Å²) in [6.07, 6.45) is 7.28. The van der Waals surface area contributed by atoms with Crippen LogP contribution in [0, 0.1) is 5.92 Å². The van der Waals surface area contributed by atoms with Gasteiger partial charge in [0.1, 0.15) is 12.5 Å². The molecule has 0 saturated carbocycles. The van der Waals surface area contributed by atoms with Gasteiger partial charge in [-0.15, -0.1) is 0 Å². The van der Waals surface area contributed by atoms with Crippen LogP contribution in [-0.4, -0.2) is 63.8 Å². The number of urea groups is 1. The van der Waals surface area contributed by atoms with Gasteiger partial charge in [-0.3, -0.25) is 4.79 Å². The van der Waals surface area contributed by atoms with Gasteiger partial charge in [0.15, 0.2) is 12.8 Å². The van der Waals surface area contributed by atoms with Gasteiger partial charge in [-0.1, -0.05) is 0 Å². The van der Waals surface area contributed by atoms with Crippen LogP contribution in [0.15, 0.2) is 34.1 Å². The standard InChI is InChI=1S/C17H23N5O4/c1-20(2)17(24)21-5-3-4-13(6-21)16(23)22(7-14-9-25-11-18-14)8-15-10-26-12-19-15/h9-13H,3-8H2,1-2H3/t13-/m0/s1. The molecule has 140 valence electrons. The number of carbonyl (C=O) groups excluding carboxylic acids is 2. The summed E-state index contributed by atoms with van der Waals surface area (Å²) in [5.41, 5.74) is 1.33. The Bertz CT molecular complexity index is 677. The molecule has 9 nitrogen and oxygen atoms in total. The zero-order valence-corrected chi connectivity index (χ0v) is 15.0. The van der Waals surface area contributed by atoms with E-state index in [2.05, 4.69) is 9.97 Å². The smallest absolute Gasteiger partial charge is 0.319 e. The maximum absolute atomic E-state index is 13.1. The molecule has 9 heteroatoms. The van der Waals surface area contributed by atoms with Crippen molar-refractivity contribution in [2.24, 2.45) is 5.92 Å². The van der Waals surface area contributed by atoms with Gasteiger partial charge in [0.2, 0.25) is 5.91 Å². The third kappa shape index (κ3) is 4.22. The zero-order valence-electron chi connectivity index (χ0n) is 15.0. The van der Waals surface area contributed by atoms with E-state index >= 15 is 0 Å². The van der Waals surface area contributed by atoms with E-state index < -0.39 is 0 Å². The Hall–Kier alpha value is -2.84. The highest BCUT2D eigenvalue weighted by molar-refractivity contribution is 5.81. The average Bonchev–Trinajstić information content (AvgIpc) is 3.34. The Labute approximate surface area is 151 Å². The summed E-state index contributed by atoms with van der Waals surface area (Å²) in [6, 6.07) is -0.0675. The summed E-state index contributed by atoms with van der Waals surface area (Å²) < 4.78 is 10.0. The molecule has 1 saturated heterocycles. The van der Waals surface area contributed by atoms with Crippen molar-refractivity contribution >= 4 is 11.9 Å². The maximum Gasteiger partial charge on any atom is 0.319 e. The predicted octanol–water partition coefficient (Wildman–Crippen LogP) is 1.58. The van der Waals surface area contributed by atoms with E-state index in [1.54, 1.807) is 23.9 Å². The fourth-order valence-electron chi connectivity index (χ4n) is 3.13. The molecule has 0 spiro atoms. The number of hydrogen-bond acceptors (Lipinski definition) is 6. The fraction of sp³-hybridized carbons (Fsp3) is 0.529. The van der Waals surface area contributed by atoms with Gasteiger partial charge in [-0.2, -0.15) is 0 Å². The van der Waals surface area contributed by atoms with Crippen LogP contribution in [-0.2, 0) is 17.9 Å². The lowest BCUT2D eigenvalue weighted by atomic mass is 9.96. The largest absolute Gasteiger partial charge is 0.451 e. The van der Waals surface area contributed by atoms with Crippen LogP contribution in [0.25, 0.3) is 0 Å². The van der Waals surface area contributed by atoms with Crippen LogP contribution in [0.1, 0.15) is 24.2 Å². The second kappa shape index (κ2) is 8.03. The highest BCUT2D eigenvalue weighted by Crippen LogP contribution is 2.21. The molecule has 2 aromatic heterocycles. The molecule has 0 bridgehead atoms. The number of hydrogen-bond donors (Lipinski definition) is 0. The molecule has 3 rings (SSSR count). The minimum absolute atomic E-state index is 0.0211. The van der Waals surface area contributed by atoms with Crippen molar-refractivity contribution in [3.63, 3.8) is 0 Å². The third-order valence-electron chi connectivity index (χ3n) is 4.41. The van der Waals surface area contributed by atoms with Gasteiger partial charge in [0, 0.05) is 27.2 Å². The van der Waals surface area contributed by atoms with E-state index in [4.69, 9.17) is 8.83 Å². The van der Waals surface area contributed by atoms with Crippen LogP contribution in [0.2, 0.25) is 0 Å². The summed E-state index contributed by atoms with van der Waals surface area (Å²) in [5.74, 6) is -0.265. The molecule has 2 aromatic rings. The molecule has 1 fully saturated rings. The van der Waals surface area contributed by atoms with Gasteiger partial charge >= 0.3 is 6.03 Å². The zero-order chi connectivity index (χ0) is 18.5. The summed E-state index contributed by atoms with van der Waals surface area (Å²) in [7, 11) is 3.43. The quantitative estimate of drug-likeness (QED) is 0.802. The summed E-state index contributed by atoms with van der Waals surface area (Å²) in [6.45, 7) is 1.73. The number of likely N-dealkylation sites (tertiary alicyclic amines) is 1. The molecule has 0 N–H and O–H groups in total. The van der Waals surface area contributed by atoms with Gasteiger partial charge in [-0.25, -0.2) is 14.8 Å². The highest BCUT2D eigenvalue weighted by atomic mass is 16.3. The van der Waals surface area contributed by atoms with Crippen LogP contribution in [0.4, 0.5) is 4.79 Å². The first-order chi connectivity index (χ1) is 12.5. The van der Waals surface area contributed by atoms with E-state index in [1.165, 1.54) is 30.2 Å². The van der Waals surface area contributed by atoms with E-state index in [-0.39, 0.29) is 17.9 Å². The third-order valence-corrected chi connectivity index (χ3v) is 4.41. The Morgan fingerprint density at radius 3 is 2.27 bits per heavy atom. The Morgan fingerprint density at radius 2 is 1.77 bits per heavy atom. The second-order valence-electron chi connectivity index (χ2n) is 6.62. The molecule has 0 unspecified atom stereocenters. The summed E-state index contributed by atoms with van der Waals surface area (Å²) >= 11 is 0. The molecule has 0 aliphatic carbocycles. The lowest BCUT2D eigenvalue weighted by molar-refractivity contribution is -0.138. The first-order valence-corrected chi connectivity index (χ1v) is 8.53. The fourth-order valence-corrected chi connectivity index (χ4v) is 3.13. The van der Waals surface area contributed by atoms with Gasteiger partial charge < -0.3 is 23.5 Å². The van der Waals surface area contributed by atoms with Crippen molar-refractivity contribution in [2.45, 2.75) is 25.9 Å². The van der Waals surface area contributed by atoms with E-state index in [0.717, 1.165) is 12.8 Å². The Morgan fingerprint density at radius 1 is 1.15 bits per heavy atom. The molecular weight excluding hydrogens is 338 g/mol. The van der Waals surface area contributed by atoms with Crippen molar-refractivity contribution in [1.29, 1.82) is 0 Å². The van der Waals surface area contributed by atoms with Crippen molar-refractivity contribution < 1.29 is 18.4 Å². The number of oxazole rings is 2. The van der Waals surface area contributed by atoms with Gasteiger partial charge in [-0.05, 0) is 12.8 Å². The van der Waals surface area contributed by atoms with Crippen LogP contribution in [0.5, 0.6) is 0 Å². The first kappa shape index (κ1) is 18.0. The van der Waals surface area contributed by atoms with E-state index in [9.17, 15) is 9.59 Å². The molecular formula is C17H23N5O4. The number of piperidine rings is 1. The monoisotopic (exact) mass is 361 g/mol. The van der Waals surface area contributed by atoms with E-state index in [0.29, 0.717) is 37.6 Å². The van der Waals surface area contributed by atoms with Crippen molar-refractivity contribution in [3.05, 3.63) is 36.7 Å². The number of nitrogens with zero attached hydrogens (tertiary/aromatic N) is 5. The molecule has 1 aliphatic heterocycles. The molecule has 1 aliphatic rings. The lowest BCUT2D eigenvalue weighted by Gasteiger charge is -2.35. The van der Waals surface area contributed by atoms with Crippen LogP contribution < -0.4 is 0 Å². The number of aromatic nitrogens is 2. The topological polar surface area (TPSA) is 95.9 Å². The molecule has 26 heavy (non-hydrogen) atoms. The average molecular weight is 361 g/mol. The Balaban J connectivity index is 1.72. The maximum atomic E-state index is 13.1. The minimum Gasteiger partial charge on any atom is -0.451 e. The number of amides is 3. The Kier molecular flexibility index (Phi) is 5.55.